The van der Waals surface area contributed by atoms with Gasteiger partial charge >= 0.3 is 0 Å². The van der Waals surface area contributed by atoms with Crippen LogP contribution in [-0.4, -0.2) is 66.8 Å². The Morgan fingerprint density at radius 3 is 2.74 bits per heavy atom. The number of methoxy groups -OCH3 is 1. The van der Waals surface area contributed by atoms with Crippen LogP contribution in [0.5, 0.6) is 5.88 Å². The molecule has 1 amide bonds. The van der Waals surface area contributed by atoms with Crippen LogP contribution >= 0.6 is 0 Å². The minimum Gasteiger partial charge on any atom is -0.481 e. The average molecular weight is 320 g/mol. The van der Waals surface area contributed by atoms with Gasteiger partial charge in [0.25, 0.3) is 5.91 Å². The normalized spacial score (nSPS) is 19.6. The lowest BCUT2D eigenvalue weighted by Crippen LogP contribution is -2.51. The van der Waals surface area contributed by atoms with E-state index in [1.807, 2.05) is 11.8 Å². The molecule has 2 heterocycles. The molecule has 1 aliphatic carbocycles. The Hall–Kier alpha value is -1.89. The first-order chi connectivity index (χ1) is 11.2. The van der Waals surface area contributed by atoms with E-state index in [-0.39, 0.29) is 12.0 Å². The third-order valence-electron chi connectivity index (χ3n) is 4.33. The van der Waals surface area contributed by atoms with Crippen LogP contribution in [-0.2, 0) is 9.53 Å². The lowest BCUT2D eigenvalue weighted by atomic mass is 10.2. The van der Waals surface area contributed by atoms with Crippen molar-refractivity contribution in [3.05, 3.63) is 12.3 Å². The largest absolute Gasteiger partial charge is 0.481 e. The van der Waals surface area contributed by atoms with Crippen molar-refractivity contribution in [3.8, 4) is 5.88 Å². The third kappa shape index (κ3) is 4.10. The smallest absolute Gasteiger partial charge is 0.251 e. The summed E-state index contributed by atoms with van der Waals surface area (Å²) in [6.45, 7) is 5.32. The van der Waals surface area contributed by atoms with Crippen molar-refractivity contribution < 1.29 is 14.3 Å². The van der Waals surface area contributed by atoms with Crippen LogP contribution in [0, 0.1) is 5.92 Å². The predicted octanol–water partition coefficient (Wildman–Crippen LogP) is 0.949. The number of aromatic nitrogens is 2. The van der Waals surface area contributed by atoms with Gasteiger partial charge < -0.3 is 19.3 Å². The van der Waals surface area contributed by atoms with Crippen LogP contribution in [0.2, 0.25) is 0 Å². The highest BCUT2D eigenvalue weighted by molar-refractivity contribution is 5.80. The summed E-state index contributed by atoms with van der Waals surface area (Å²) in [6.07, 6.45) is 3.81. The van der Waals surface area contributed by atoms with Gasteiger partial charge in [-0.2, -0.15) is 4.98 Å². The molecule has 0 spiro atoms. The first kappa shape index (κ1) is 16.0. The summed E-state index contributed by atoms with van der Waals surface area (Å²) in [5.74, 6) is 1.95. The Morgan fingerprint density at radius 1 is 1.35 bits per heavy atom. The minimum absolute atomic E-state index is 0.0804. The number of carbonyl (C=O) groups excluding carboxylic acids is 1. The van der Waals surface area contributed by atoms with Crippen molar-refractivity contribution in [2.24, 2.45) is 5.92 Å². The van der Waals surface area contributed by atoms with Gasteiger partial charge in [-0.3, -0.25) is 4.79 Å². The van der Waals surface area contributed by atoms with Crippen molar-refractivity contribution in [1.29, 1.82) is 0 Å². The lowest BCUT2D eigenvalue weighted by molar-refractivity contribution is -0.143. The van der Waals surface area contributed by atoms with Gasteiger partial charge in [0.1, 0.15) is 6.10 Å². The molecule has 0 radical (unpaired) electrons. The fourth-order valence-electron chi connectivity index (χ4n) is 2.62. The summed E-state index contributed by atoms with van der Waals surface area (Å²) < 4.78 is 10.8. The van der Waals surface area contributed by atoms with Crippen LogP contribution in [0.15, 0.2) is 12.3 Å². The Labute approximate surface area is 136 Å². The molecule has 0 aromatic carbocycles. The maximum Gasteiger partial charge on any atom is 0.251 e. The highest BCUT2D eigenvalue weighted by Gasteiger charge is 2.28. The zero-order valence-corrected chi connectivity index (χ0v) is 13.8. The molecule has 7 nitrogen and oxygen atoms in total. The Kier molecular flexibility index (Phi) is 4.95. The van der Waals surface area contributed by atoms with E-state index in [2.05, 4.69) is 14.9 Å². The van der Waals surface area contributed by atoms with E-state index in [0.29, 0.717) is 50.5 Å². The molecule has 1 aromatic rings. The molecule has 126 valence electrons. The van der Waals surface area contributed by atoms with Crippen molar-refractivity contribution in [2.45, 2.75) is 25.9 Å². The van der Waals surface area contributed by atoms with Gasteiger partial charge in [0.2, 0.25) is 11.8 Å². The molecule has 0 N–H and O–H groups in total. The zero-order valence-electron chi connectivity index (χ0n) is 13.8. The van der Waals surface area contributed by atoms with Gasteiger partial charge in [-0.15, -0.1) is 0 Å². The summed E-state index contributed by atoms with van der Waals surface area (Å²) >= 11 is 0. The molecule has 1 aliphatic heterocycles. The number of hydrogen-bond donors (Lipinski definition) is 0. The van der Waals surface area contributed by atoms with Crippen molar-refractivity contribution >= 4 is 11.9 Å². The second kappa shape index (κ2) is 7.12. The molecule has 1 saturated carbocycles. The molecule has 2 aliphatic rings. The maximum atomic E-state index is 12.4. The molecule has 2 fully saturated rings. The number of piperazine rings is 1. The molecule has 23 heavy (non-hydrogen) atoms. The lowest BCUT2D eigenvalue weighted by Gasteiger charge is -2.35. The van der Waals surface area contributed by atoms with E-state index >= 15 is 0 Å². The van der Waals surface area contributed by atoms with Gasteiger partial charge in [0.15, 0.2) is 0 Å². The summed E-state index contributed by atoms with van der Waals surface area (Å²) in [4.78, 5) is 25.0. The summed E-state index contributed by atoms with van der Waals surface area (Å²) in [5.41, 5.74) is 0. The molecule has 1 unspecified atom stereocenters. The first-order valence-corrected chi connectivity index (χ1v) is 8.19. The van der Waals surface area contributed by atoms with Crippen molar-refractivity contribution in [3.63, 3.8) is 0 Å². The molecular formula is C16H24N4O3. The minimum atomic E-state index is -0.352. The summed E-state index contributed by atoms with van der Waals surface area (Å²) in [6, 6.07) is 1.72. The number of ether oxygens (including phenoxy) is 2. The quantitative estimate of drug-likeness (QED) is 0.777. The van der Waals surface area contributed by atoms with E-state index in [0.717, 1.165) is 0 Å². The number of anilines is 1. The van der Waals surface area contributed by atoms with Gasteiger partial charge in [-0.05, 0) is 25.7 Å². The van der Waals surface area contributed by atoms with E-state index in [1.165, 1.54) is 12.8 Å². The highest BCUT2D eigenvalue weighted by Crippen LogP contribution is 2.29. The fraction of sp³-hybridized carbons (Fsp3) is 0.688. The summed E-state index contributed by atoms with van der Waals surface area (Å²) in [7, 11) is 1.59. The van der Waals surface area contributed by atoms with E-state index in [9.17, 15) is 4.79 Å². The van der Waals surface area contributed by atoms with Gasteiger partial charge in [0.05, 0.1) is 13.7 Å². The second-order valence-electron chi connectivity index (χ2n) is 6.13. The van der Waals surface area contributed by atoms with E-state index < -0.39 is 0 Å². The fourth-order valence-corrected chi connectivity index (χ4v) is 2.62. The van der Waals surface area contributed by atoms with Crippen LogP contribution in [0.3, 0.4) is 0 Å². The van der Waals surface area contributed by atoms with Crippen LogP contribution in [0.1, 0.15) is 19.8 Å². The van der Waals surface area contributed by atoms with Gasteiger partial charge in [-0.25, -0.2) is 4.98 Å². The van der Waals surface area contributed by atoms with Gasteiger partial charge in [0, 0.05) is 38.4 Å². The molecule has 7 heteroatoms. The Morgan fingerprint density at radius 2 is 2.09 bits per heavy atom. The number of carbonyl (C=O) groups is 1. The SMILES string of the molecule is COc1ccnc(N2CCN(C(=O)C(C)OCC3CC3)CC2)n1. The van der Waals surface area contributed by atoms with Crippen molar-refractivity contribution in [2.75, 3.05) is 44.8 Å². The predicted molar refractivity (Wildman–Crippen MR) is 85.5 cm³/mol. The number of rotatable bonds is 6. The highest BCUT2D eigenvalue weighted by atomic mass is 16.5. The van der Waals surface area contributed by atoms with E-state index in [1.54, 1.807) is 19.4 Å². The van der Waals surface area contributed by atoms with Crippen LogP contribution in [0.25, 0.3) is 0 Å². The molecular weight excluding hydrogens is 296 g/mol. The standard InChI is InChI=1S/C16H24N4O3/c1-12(23-11-13-3-4-13)15(21)19-7-9-20(10-8-19)16-17-6-5-14(18-16)22-2/h5-6,12-13H,3-4,7-11H2,1-2H3. The molecule has 0 bridgehead atoms. The Balaban J connectivity index is 1.49. The maximum absolute atomic E-state index is 12.4. The van der Waals surface area contributed by atoms with E-state index in [4.69, 9.17) is 9.47 Å². The first-order valence-electron chi connectivity index (χ1n) is 8.19. The van der Waals surface area contributed by atoms with Gasteiger partial charge in [-0.1, -0.05) is 0 Å². The molecule has 1 atom stereocenters. The molecule has 3 rings (SSSR count). The van der Waals surface area contributed by atoms with Crippen LogP contribution < -0.4 is 9.64 Å². The molecule has 1 aromatic heterocycles. The topological polar surface area (TPSA) is 67.8 Å². The zero-order chi connectivity index (χ0) is 16.2. The number of nitrogens with zero attached hydrogens (tertiary/aromatic N) is 4. The number of amides is 1. The average Bonchev–Trinajstić information content (AvgIpc) is 3.43. The van der Waals surface area contributed by atoms with Crippen LogP contribution in [0.4, 0.5) is 5.95 Å². The third-order valence-corrected chi connectivity index (χ3v) is 4.33. The second-order valence-corrected chi connectivity index (χ2v) is 6.13. The Bertz CT molecular complexity index is 542. The monoisotopic (exact) mass is 320 g/mol. The number of hydrogen-bond acceptors (Lipinski definition) is 6. The summed E-state index contributed by atoms with van der Waals surface area (Å²) in [5, 5.41) is 0. The van der Waals surface area contributed by atoms with Crippen molar-refractivity contribution in [1.82, 2.24) is 14.9 Å². The molecule has 1 saturated heterocycles.